The van der Waals surface area contributed by atoms with Crippen LogP contribution in [0.2, 0.25) is 0 Å². The molecule has 6 heterocycles. The van der Waals surface area contributed by atoms with Crippen molar-refractivity contribution in [3.8, 4) is 34.9 Å². The lowest BCUT2D eigenvalue weighted by atomic mass is 9.67. The lowest BCUT2D eigenvalue weighted by Crippen LogP contribution is -2.33. The van der Waals surface area contributed by atoms with Crippen molar-refractivity contribution in [2.45, 2.75) is 15.2 Å². The number of hydrogen-bond acceptors (Lipinski definition) is 6. The smallest absolute Gasteiger partial charge is 0.0991 e. The standard InChI is InChI=1S/C48H25N7S/c49-24-28-14-16-39-33(21-28)34-22-29(25-50)15-17-40(34)55(39)41-11-5-13-44-45(41)48(35-8-2-4-12-43(35)56-44)36-9-6-19-52-46(36)47-37(48)23-30(26-53-47)54-38-10-3-1-7-31(38)32-18-20-51-27-42(32)54/h1-23,26-27H. The molecule has 0 amide bonds. The fourth-order valence-electron chi connectivity index (χ4n) is 9.46. The van der Waals surface area contributed by atoms with Crippen LogP contribution in [0.15, 0.2) is 162 Å². The van der Waals surface area contributed by atoms with Crippen molar-refractivity contribution in [2.24, 2.45) is 0 Å². The van der Waals surface area contributed by atoms with Crippen molar-refractivity contribution in [1.29, 1.82) is 10.5 Å². The number of hydrogen-bond donors (Lipinski definition) is 0. The fourth-order valence-corrected chi connectivity index (χ4v) is 10.7. The molecule has 2 aliphatic rings. The van der Waals surface area contributed by atoms with Crippen LogP contribution in [0.3, 0.4) is 0 Å². The summed E-state index contributed by atoms with van der Waals surface area (Å²) in [6, 6.07) is 48.7. The van der Waals surface area contributed by atoms with Gasteiger partial charge in [0.05, 0.1) is 85.9 Å². The van der Waals surface area contributed by atoms with Gasteiger partial charge in [0.2, 0.25) is 0 Å². The van der Waals surface area contributed by atoms with E-state index in [2.05, 4.69) is 111 Å². The molecule has 7 nitrogen and oxygen atoms in total. The van der Waals surface area contributed by atoms with Gasteiger partial charge in [-0.1, -0.05) is 60.3 Å². The molecule has 0 fully saturated rings. The molecule has 0 bridgehead atoms. The highest BCUT2D eigenvalue weighted by Gasteiger charge is 2.53. The van der Waals surface area contributed by atoms with Gasteiger partial charge in [0.15, 0.2) is 0 Å². The van der Waals surface area contributed by atoms with E-state index in [1.807, 2.05) is 67.3 Å². The molecule has 12 rings (SSSR count). The zero-order valence-electron chi connectivity index (χ0n) is 29.5. The second-order valence-corrected chi connectivity index (χ2v) is 15.3. The van der Waals surface area contributed by atoms with Crippen LogP contribution in [-0.2, 0) is 5.41 Å². The van der Waals surface area contributed by atoms with Crippen molar-refractivity contribution < 1.29 is 0 Å². The Hall–Kier alpha value is -7.52. The Morgan fingerprint density at radius 1 is 0.518 bits per heavy atom. The van der Waals surface area contributed by atoms with Gasteiger partial charge in [-0.3, -0.25) is 15.0 Å². The minimum atomic E-state index is -0.811. The van der Waals surface area contributed by atoms with Gasteiger partial charge in [0, 0.05) is 54.9 Å². The van der Waals surface area contributed by atoms with Gasteiger partial charge in [-0.15, -0.1) is 0 Å². The molecule has 1 spiro atoms. The number of nitrogens with zero attached hydrogens (tertiary/aromatic N) is 7. The molecule has 10 aromatic rings. The monoisotopic (exact) mass is 731 g/mol. The van der Waals surface area contributed by atoms with Crippen LogP contribution >= 0.6 is 11.8 Å². The van der Waals surface area contributed by atoms with Crippen LogP contribution in [0.5, 0.6) is 0 Å². The first kappa shape index (κ1) is 30.9. The van der Waals surface area contributed by atoms with E-state index in [4.69, 9.17) is 9.97 Å². The summed E-state index contributed by atoms with van der Waals surface area (Å²) in [6.07, 6.45) is 7.62. The van der Waals surface area contributed by atoms with Crippen molar-refractivity contribution in [2.75, 3.05) is 0 Å². The number of aromatic nitrogens is 5. The van der Waals surface area contributed by atoms with Crippen LogP contribution in [-0.4, -0.2) is 24.1 Å². The van der Waals surface area contributed by atoms with Crippen molar-refractivity contribution >= 4 is 55.4 Å². The molecule has 0 radical (unpaired) electrons. The minimum Gasteiger partial charge on any atom is -0.309 e. The number of para-hydroxylation sites is 1. The second kappa shape index (κ2) is 11.3. The quantitative estimate of drug-likeness (QED) is 0.176. The summed E-state index contributed by atoms with van der Waals surface area (Å²) >= 11 is 1.78. The molecule has 5 aromatic carbocycles. The summed E-state index contributed by atoms with van der Waals surface area (Å²) in [4.78, 5) is 17.2. The molecule has 8 heteroatoms. The molecule has 1 aliphatic carbocycles. The summed E-state index contributed by atoms with van der Waals surface area (Å²) in [5.74, 6) is 0. The number of nitriles is 2. The molecular formula is C48H25N7S. The van der Waals surface area contributed by atoms with E-state index in [0.29, 0.717) is 11.1 Å². The van der Waals surface area contributed by atoms with Crippen molar-refractivity contribution in [3.63, 3.8) is 0 Å². The first-order valence-corrected chi connectivity index (χ1v) is 19.1. The van der Waals surface area contributed by atoms with Crippen molar-refractivity contribution in [3.05, 3.63) is 186 Å². The summed E-state index contributed by atoms with van der Waals surface area (Å²) in [5, 5.41) is 24.0. The predicted molar refractivity (Wildman–Crippen MR) is 219 cm³/mol. The third kappa shape index (κ3) is 3.88. The molecule has 1 aliphatic heterocycles. The molecular weight excluding hydrogens is 707 g/mol. The van der Waals surface area contributed by atoms with Gasteiger partial charge in [0.25, 0.3) is 0 Å². The SMILES string of the molecule is N#Cc1ccc2c(c1)c1cc(C#N)ccc1n2-c1cccc2c1C1(c3ccccc3S2)c2cccnc2-c2ncc(-n3c4ccccc4c4ccncc43)cc21. The molecule has 0 N–H and O–H groups in total. The van der Waals surface area contributed by atoms with Gasteiger partial charge >= 0.3 is 0 Å². The van der Waals surface area contributed by atoms with Gasteiger partial charge in [-0.2, -0.15) is 10.5 Å². The van der Waals surface area contributed by atoms with Crippen LogP contribution in [0.1, 0.15) is 33.4 Å². The molecule has 1 unspecified atom stereocenters. The van der Waals surface area contributed by atoms with E-state index >= 15 is 0 Å². The minimum absolute atomic E-state index is 0.568. The van der Waals surface area contributed by atoms with Gasteiger partial charge in [-0.05, 0) is 90.0 Å². The molecule has 5 aromatic heterocycles. The van der Waals surface area contributed by atoms with E-state index in [1.54, 1.807) is 11.8 Å². The van der Waals surface area contributed by atoms with E-state index in [0.717, 1.165) is 88.0 Å². The Bertz CT molecular complexity index is 3330. The summed E-state index contributed by atoms with van der Waals surface area (Å²) in [7, 11) is 0. The van der Waals surface area contributed by atoms with Crippen LogP contribution in [0.4, 0.5) is 0 Å². The summed E-state index contributed by atoms with van der Waals surface area (Å²) in [5.41, 5.74) is 12.4. The maximum Gasteiger partial charge on any atom is 0.0991 e. The van der Waals surface area contributed by atoms with Gasteiger partial charge in [-0.25, -0.2) is 0 Å². The highest BCUT2D eigenvalue weighted by molar-refractivity contribution is 7.99. The normalized spacial score (nSPS) is 15.1. The topological polar surface area (TPSA) is 96.1 Å². The Morgan fingerprint density at radius 3 is 2.04 bits per heavy atom. The van der Waals surface area contributed by atoms with E-state index in [1.165, 1.54) is 10.5 Å². The predicted octanol–water partition coefficient (Wildman–Crippen LogP) is 10.6. The molecule has 56 heavy (non-hydrogen) atoms. The Labute approximate surface area is 324 Å². The average Bonchev–Trinajstić information content (AvgIpc) is 3.87. The average molecular weight is 732 g/mol. The van der Waals surface area contributed by atoms with Crippen LogP contribution in [0.25, 0.3) is 66.4 Å². The Kier molecular flexibility index (Phi) is 6.21. The fraction of sp³-hybridized carbons (Fsp3) is 0.0208. The van der Waals surface area contributed by atoms with Gasteiger partial charge < -0.3 is 9.13 Å². The van der Waals surface area contributed by atoms with Crippen molar-refractivity contribution in [1.82, 2.24) is 24.1 Å². The summed E-state index contributed by atoms with van der Waals surface area (Å²) in [6.45, 7) is 0. The number of pyridine rings is 3. The van der Waals surface area contributed by atoms with E-state index < -0.39 is 5.41 Å². The number of rotatable bonds is 2. The first-order valence-electron chi connectivity index (χ1n) is 18.3. The second-order valence-electron chi connectivity index (χ2n) is 14.3. The number of fused-ring (bicyclic) bond motifs is 15. The maximum absolute atomic E-state index is 9.95. The highest BCUT2D eigenvalue weighted by atomic mass is 32.2. The highest BCUT2D eigenvalue weighted by Crippen LogP contribution is 2.63. The summed E-state index contributed by atoms with van der Waals surface area (Å²) < 4.78 is 4.59. The molecule has 258 valence electrons. The number of benzene rings is 5. The van der Waals surface area contributed by atoms with E-state index in [-0.39, 0.29) is 0 Å². The zero-order valence-corrected chi connectivity index (χ0v) is 30.3. The molecule has 0 saturated heterocycles. The largest absolute Gasteiger partial charge is 0.309 e. The molecule has 0 saturated carbocycles. The van der Waals surface area contributed by atoms with Crippen LogP contribution in [0, 0.1) is 22.7 Å². The third-order valence-electron chi connectivity index (χ3n) is 11.6. The lowest BCUT2D eigenvalue weighted by molar-refractivity contribution is 0.712. The van der Waals surface area contributed by atoms with Gasteiger partial charge in [0.1, 0.15) is 0 Å². The van der Waals surface area contributed by atoms with Crippen LogP contribution < -0.4 is 0 Å². The first-order chi connectivity index (χ1) is 27.7. The maximum atomic E-state index is 9.95. The Morgan fingerprint density at radius 2 is 1.21 bits per heavy atom. The third-order valence-corrected chi connectivity index (χ3v) is 12.7. The Balaban J connectivity index is 1.24. The lowest BCUT2D eigenvalue weighted by Gasteiger charge is -2.40. The van der Waals surface area contributed by atoms with E-state index in [9.17, 15) is 10.5 Å². The zero-order chi connectivity index (χ0) is 37.1. The molecule has 1 atom stereocenters.